The Balaban J connectivity index is 2.41. The van der Waals surface area contributed by atoms with Gasteiger partial charge in [-0.3, -0.25) is 4.79 Å². The van der Waals surface area contributed by atoms with Crippen molar-refractivity contribution >= 4 is 41.3 Å². The lowest BCUT2D eigenvalue weighted by Crippen LogP contribution is -2.51. The SMILES string of the molecule is CN(C(=S)N[C@@H](CCC(=O)O)C(=O)O)[C@@H](CCCCNC(=O)OCc1ccccc1)C(=O)O. The van der Waals surface area contributed by atoms with Crippen molar-refractivity contribution in [3.8, 4) is 0 Å². The number of carbonyl (C=O) groups excluding carboxylic acids is 1. The first kappa shape index (κ1) is 27.6. The molecule has 1 amide bonds. The van der Waals surface area contributed by atoms with Crippen LogP contribution in [0.2, 0.25) is 0 Å². The molecule has 11 nitrogen and oxygen atoms in total. The topological polar surface area (TPSA) is 166 Å². The molecule has 5 N–H and O–H groups in total. The lowest BCUT2D eigenvalue weighted by Gasteiger charge is -2.29. The molecule has 0 bridgehead atoms. The predicted molar refractivity (Wildman–Crippen MR) is 122 cm³/mol. The van der Waals surface area contributed by atoms with E-state index in [9.17, 15) is 29.4 Å². The number of nitrogens with one attached hydrogen (secondary N) is 2. The molecule has 33 heavy (non-hydrogen) atoms. The van der Waals surface area contributed by atoms with Crippen LogP contribution in [0.15, 0.2) is 30.3 Å². The zero-order valence-corrected chi connectivity index (χ0v) is 19.0. The maximum absolute atomic E-state index is 11.7. The fraction of sp³-hybridized carbons (Fsp3) is 0.476. The maximum atomic E-state index is 11.7. The fourth-order valence-corrected chi connectivity index (χ4v) is 3.10. The monoisotopic (exact) mass is 483 g/mol. The highest BCUT2D eigenvalue weighted by Crippen LogP contribution is 2.10. The summed E-state index contributed by atoms with van der Waals surface area (Å²) < 4.78 is 5.09. The number of amides is 1. The molecule has 0 spiro atoms. The molecule has 0 unspecified atom stereocenters. The number of unbranched alkanes of at least 4 members (excludes halogenated alkanes) is 1. The Morgan fingerprint density at radius 3 is 2.27 bits per heavy atom. The summed E-state index contributed by atoms with van der Waals surface area (Å²) in [6, 6.07) is 6.93. The second-order valence-electron chi connectivity index (χ2n) is 7.22. The van der Waals surface area contributed by atoms with E-state index in [0.29, 0.717) is 19.4 Å². The van der Waals surface area contributed by atoms with Crippen molar-refractivity contribution in [1.29, 1.82) is 0 Å². The van der Waals surface area contributed by atoms with E-state index in [-0.39, 0.29) is 31.0 Å². The van der Waals surface area contributed by atoms with Crippen LogP contribution in [0.4, 0.5) is 4.79 Å². The molecule has 0 aliphatic carbocycles. The van der Waals surface area contributed by atoms with Gasteiger partial charge in [0, 0.05) is 20.0 Å². The summed E-state index contributed by atoms with van der Waals surface area (Å²) >= 11 is 5.12. The number of thiocarbonyl (C=S) groups is 1. The third-order valence-corrected chi connectivity index (χ3v) is 5.11. The van der Waals surface area contributed by atoms with Crippen molar-refractivity contribution in [2.45, 2.75) is 50.8 Å². The number of rotatable bonds is 14. The molecule has 0 aromatic heterocycles. The average molecular weight is 484 g/mol. The first-order chi connectivity index (χ1) is 15.6. The van der Waals surface area contributed by atoms with E-state index < -0.39 is 36.1 Å². The van der Waals surface area contributed by atoms with Gasteiger partial charge in [-0.1, -0.05) is 30.3 Å². The standard InChI is InChI=1S/C21H29N3O8S/c1-24(20(33)23-15(18(27)28)10-11-17(25)26)16(19(29)30)9-5-6-12-22-21(31)32-13-14-7-3-2-4-8-14/h2-4,7-8,15-16H,5-6,9-13H2,1H3,(H,22,31)(H,23,33)(H,25,26)(H,27,28)(H,29,30)/t15-,16-/m0/s1. The third kappa shape index (κ3) is 11.1. The largest absolute Gasteiger partial charge is 0.481 e. The summed E-state index contributed by atoms with van der Waals surface area (Å²) in [7, 11) is 1.42. The zero-order valence-electron chi connectivity index (χ0n) is 18.2. The Morgan fingerprint density at radius 2 is 1.70 bits per heavy atom. The number of alkyl carbamates (subject to hydrolysis) is 1. The molecular weight excluding hydrogens is 454 g/mol. The number of carbonyl (C=O) groups is 4. The van der Waals surface area contributed by atoms with Crippen molar-refractivity contribution in [3.63, 3.8) is 0 Å². The van der Waals surface area contributed by atoms with Crippen LogP contribution in [-0.2, 0) is 25.7 Å². The number of nitrogens with zero attached hydrogens (tertiary/aromatic N) is 1. The van der Waals surface area contributed by atoms with Crippen LogP contribution in [0.25, 0.3) is 0 Å². The van der Waals surface area contributed by atoms with Crippen molar-refractivity contribution < 1.29 is 39.2 Å². The second-order valence-corrected chi connectivity index (χ2v) is 7.61. The van der Waals surface area contributed by atoms with E-state index in [0.717, 1.165) is 5.56 Å². The van der Waals surface area contributed by atoms with Crippen LogP contribution in [0.1, 0.15) is 37.7 Å². The highest BCUT2D eigenvalue weighted by molar-refractivity contribution is 7.80. The van der Waals surface area contributed by atoms with Crippen LogP contribution in [-0.4, -0.2) is 75.0 Å². The van der Waals surface area contributed by atoms with Gasteiger partial charge < -0.3 is 35.6 Å². The highest BCUT2D eigenvalue weighted by Gasteiger charge is 2.27. The lowest BCUT2D eigenvalue weighted by atomic mass is 10.1. The number of hydrogen-bond acceptors (Lipinski definition) is 6. The molecule has 12 heteroatoms. The van der Waals surface area contributed by atoms with E-state index in [4.69, 9.17) is 22.1 Å². The lowest BCUT2D eigenvalue weighted by molar-refractivity contribution is -0.142. The molecule has 0 saturated heterocycles. The van der Waals surface area contributed by atoms with E-state index in [1.165, 1.54) is 11.9 Å². The summed E-state index contributed by atoms with van der Waals surface area (Å²) in [6.07, 6.45) is -0.0145. The van der Waals surface area contributed by atoms with Gasteiger partial charge in [0.05, 0.1) is 0 Å². The molecule has 1 aromatic rings. The Kier molecular flexibility index (Phi) is 12.2. The number of carboxylic acid groups (broad SMARTS) is 3. The van der Waals surface area contributed by atoms with E-state index in [1.54, 1.807) is 0 Å². The summed E-state index contributed by atoms with van der Waals surface area (Å²) in [6.45, 7) is 0.440. The van der Waals surface area contributed by atoms with Crippen LogP contribution >= 0.6 is 12.2 Å². The number of hydrogen-bond donors (Lipinski definition) is 5. The van der Waals surface area contributed by atoms with Crippen molar-refractivity contribution in [3.05, 3.63) is 35.9 Å². The second kappa shape index (κ2) is 14.6. The van der Waals surface area contributed by atoms with Gasteiger partial charge in [-0.2, -0.15) is 0 Å². The highest BCUT2D eigenvalue weighted by atomic mass is 32.1. The molecule has 0 saturated carbocycles. The number of ether oxygens (including phenoxy) is 1. The molecule has 0 heterocycles. The van der Waals surface area contributed by atoms with Gasteiger partial charge in [-0.05, 0) is 43.5 Å². The van der Waals surface area contributed by atoms with Gasteiger partial charge in [0.15, 0.2) is 5.11 Å². The van der Waals surface area contributed by atoms with Crippen LogP contribution in [0.3, 0.4) is 0 Å². The maximum Gasteiger partial charge on any atom is 0.407 e. The van der Waals surface area contributed by atoms with E-state index in [1.807, 2.05) is 30.3 Å². The van der Waals surface area contributed by atoms with Gasteiger partial charge in [0.25, 0.3) is 0 Å². The van der Waals surface area contributed by atoms with Gasteiger partial charge >= 0.3 is 24.0 Å². The summed E-state index contributed by atoms with van der Waals surface area (Å²) in [5.41, 5.74) is 0.859. The zero-order chi connectivity index (χ0) is 24.8. The normalized spacial score (nSPS) is 12.2. The summed E-state index contributed by atoms with van der Waals surface area (Å²) in [5.74, 6) is -3.58. The minimum atomic E-state index is -1.29. The molecule has 0 fully saturated rings. The molecule has 1 aromatic carbocycles. The van der Waals surface area contributed by atoms with Crippen LogP contribution in [0, 0.1) is 0 Å². The number of likely N-dealkylation sites (N-methyl/N-ethyl adjacent to an activating group) is 1. The van der Waals surface area contributed by atoms with Crippen molar-refractivity contribution in [2.75, 3.05) is 13.6 Å². The fourth-order valence-electron chi connectivity index (χ4n) is 2.83. The summed E-state index contributed by atoms with van der Waals surface area (Å²) in [4.78, 5) is 46.6. The first-order valence-corrected chi connectivity index (χ1v) is 10.7. The molecular formula is C21H29N3O8S. The third-order valence-electron chi connectivity index (χ3n) is 4.70. The molecule has 2 atom stereocenters. The Hall–Kier alpha value is -3.41. The predicted octanol–water partition coefficient (Wildman–Crippen LogP) is 1.66. The molecule has 0 aliphatic heterocycles. The van der Waals surface area contributed by atoms with Crippen molar-refractivity contribution in [2.24, 2.45) is 0 Å². The van der Waals surface area contributed by atoms with Crippen molar-refractivity contribution in [1.82, 2.24) is 15.5 Å². The Bertz CT molecular complexity index is 821. The smallest absolute Gasteiger partial charge is 0.407 e. The van der Waals surface area contributed by atoms with Crippen LogP contribution < -0.4 is 10.6 Å². The molecule has 0 aliphatic rings. The average Bonchev–Trinajstić information content (AvgIpc) is 2.77. The Morgan fingerprint density at radius 1 is 1.03 bits per heavy atom. The van der Waals surface area contributed by atoms with Gasteiger partial charge in [-0.15, -0.1) is 0 Å². The van der Waals surface area contributed by atoms with Gasteiger partial charge in [-0.25, -0.2) is 14.4 Å². The quantitative estimate of drug-likeness (QED) is 0.193. The van der Waals surface area contributed by atoms with E-state index in [2.05, 4.69) is 10.6 Å². The molecule has 182 valence electrons. The summed E-state index contributed by atoms with van der Waals surface area (Å²) in [5, 5.41) is 32.5. The van der Waals surface area contributed by atoms with E-state index >= 15 is 0 Å². The number of benzene rings is 1. The number of carboxylic acids is 3. The first-order valence-electron chi connectivity index (χ1n) is 10.3. The van der Waals surface area contributed by atoms with Gasteiger partial charge in [0.1, 0.15) is 18.7 Å². The molecule has 0 radical (unpaired) electrons. The minimum Gasteiger partial charge on any atom is -0.481 e. The minimum absolute atomic E-state index is 0.109. The number of aliphatic carboxylic acids is 3. The van der Waals surface area contributed by atoms with Crippen LogP contribution in [0.5, 0.6) is 0 Å². The molecule has 1 rings (SSSR count). The Labute approximate surface area is 196 Å². The van der Waals surface area contributed by atoms with Gasteiger partial charge in [0.2, 0.25) is 0 Å².